The second-order valence-corrected chi connectivity index (χ2v) is 7.14. The summed E-state index contributed by atoms with van der Waals surface area (Å²) < 4.78 is 39.9. The molecule has 0 aliphatic carbocycles. The first-order chi connectivity index (χ1) is 9.85. The molecule has 1 saturated heterocycles. The number of carbonyl (C=O) groups is 1. The monoisotopic (exact) mass is 335 g/mol. The second-order valence-electron chi connectivity index (χ2n) is 4.86. The van der Waals surface area contributed by atoms with Crippen molar-refractivity contribution >= 4 is 27.6 Å². The molecule has 0 saturated carbocycles. The lowest BCUT2D eigenvalue weighted by Crippen LogP contribution is -2.32. The minimum atomic E-state index is -3.92. The van der Waals surface area contributed by atoms with E-state index < -0.39 is 32.4 Å². The molecule has 2 rings (SSSR count). The van der Waals surface area contributed by atoms with Gasteiger partial charge in [-0.3, -0.25) is 0 Å². The van der Waals surface area contributed by atoms with Crippen LogP contribution < -0.4 is 0 Å². The van der Waals surface area contributed by atoms with Crippen molar-refractivity contribution in [2.24, 2.45) is 0 Å². The fourth-order valence-electron chi connectivity index (χ4n) is 2.35. The molecule has 1 aliphatic rings. The van der Waals surface area contributed by atoms with Crippen molar-refractivity contribution in [3.05, 3.63) is 28.5 Å². The van der Waals surface area contributed by atoms with Crippen molar-refractivity contribution in [1.29, 1.82) is 0 Å². The zero-order valence-corrected chi connectivity index (χ0v) is 12.8. The molecule has 1 aliphatic heterocycles. The molecule has 1 heterocycles. The Morgan fingerprint density at radius 1 is 1.19 bits per heavy atom. The van der Waals surface area contributed by atoms with Crippen LogP contribution in [0.2, 0.25) is 5.02 Å². The van der Waals surface area contributed by atoms with Crippen LogP contribution in [0.15, 0.2) is 17.0 Å². The van der Waals surface area contributed by atoms with E-state index in [1.54, 1.807) is 0 Å². The first kappa shape index (κ1) is 16.2. The normalized spacial score (nSPS) is 17.4. The van der Waals surface area contributed by atoms with E-state index >= 15 is 0 Å². The molecule has 1 fully saturated rings. The minimum Gasteiger partial charge on any atom is -0.478 e. The molecule has 21 heavy (non-hydrogen) atoms. The van der Waals surface area contributed by atoms with Gasteiger partial charge in [0.05, 0.1) is 5.02 Å². The summed E-state index contributed by atoms with van der Waals surface area (Å²) in [5, 5.41) is 8.38. The third kappa shape index (κ3) is 3.20. The van der Waals surface area contributed by atoms with Gasteiger partial charge in [0.1, 0.15) is 16.3 Å². The quantitative estimate of drug-likeness (QED) is 0.921. The van der Waals surface area contributed by atoms with Crippen LogP contribution in [0.5, 0.6) is 0 Å². The van der Waals surface area contributed by atoms with Crippen LogP contribution >= 0.6 is 11.6 Å². The van der Waals surface area contributed by atoms with Crippen LogP contribution in [0.4, 0.5) is 4.39 Å². The minimum absolute atomic E-state index is 0.357. The van der Waals surface area contributed by atoms with E-state index in [0.717, 1.165) is 37.8 Å². The number of rotatable bonds is 3. The Bertz CT molecular complexity index is 654. The maximum Gasteiger partial charge on any atom is 0.340 e. The summed E-state index contributed by atoms with van der Waals surface area (Å²) >= 11 is 5.83. The average molecular weight is 336 g/mol. The van der Waals surface area contributed by atoms with Crippen LogP contribution in [-0.2, 0) is 10.0 Å². The molecular weight excluding hydrogens is 321 g/mol. The molecule has 1 aromatic rings. The Balaban J connectivity index is 2.49. The predicted octanol–water partition coefficient (Wildman–Crippen LogP) is 2.74. The van der Waals surface area contributed by atoms with Crippen molar-refractivity contribution in [2.45, 2.75) is 30.6 Å². The first-order valence-corrected chi connectivity index (χ1v) is 8.39. The van der Waals surface area contributed by atoms with E-state index in [1.807, 2.05) is 0 Å². The maximum absolute atomic E-state index is 13.5. The molecule has 0 radical (unpaired) electrons. The van der Waals surface area contributed by atoms with Crippen molar-refractivity contribution in [3.63, 3.8) is 0 Å². The standard InChI is InChI=1S/C13H15ClFNO4S/c14-12-10(6-5-9(15)11(12)13(17)18)21(19,20)16-7-3-1-2-4-8-16/h5-6H,1-4,7-8H2,(H,17,18). The lowest BCUT2D eigenvalue weighted by molar-refractivity contribution is 0.0692. The summed E-state index contributed by atoms with van der Waals surface area (Å²) in [4.78, 5) is 10.7. The molecule has 5 nitrogen and oxygen atoms in total. The van der Waals surface area contributed by atoms with Crippen molar-refractivity contribution in [3.8, 4) is 0 Å². The SMILES string of the molecule is O=C(O)c1c(F)ccc(S(=O)(=O)N2CCCCCC2)c1Cl. The smallest absolute Gasteiger partial charge is 0.340 e. The number of hydrogen-bond donors (Lipinski definition) is 1. The van der Waals surface area contributed by atoms with Crippen molar-refractivity contribution < 1.29 is 22.7 Å². The van der Waals surface area contributed by atoms with E-state index in [4.69, 9.17) is 16.7 Å². The zero-order valence-electron chi connectivity index (χ0n) is 11.2. The molecule has 0 bridgehead atoms. The van der Waals surface area contributed by atoms with E-state index in [1.165, 1.54) is 4.31 Å². The number of nitrogens with zero attached hydrogens (tertiary/aromatic N) is 1. The number of halogens is 2. The number of aromatic carboxylic acids is 1. The topological polar surface area (TPSA) is 74.7 Å². The molecular formula is C13H15ClFNO4S. The highest BCUT2D eigenvalue weighted by Crippen LogP contribution is 2.30. The van der Waals surface area contributed by atoms with Gasteiger partial charge in [-0.15, -0.1) is 0 Å². The van der Waals surface area contributed by atoms with Gasteiger partial charge in [-0.2, -0.15) is 4.31 Å². The van der Waals surface area contributed by atoms with Crippen LogP contribution in [0, 0.1) is 5.82 Å². The highest BCUT2D eigenvalue weighted by Gasteiger charge is 2.30. The lowest BCUT2D eigenvalue weighted by atomic mass is 10.2. The van der Waals surface area contributed by atoms with E-state index in [0.29, 0.717) is 13.1 Å². The van der Waals surface area contributed by atoms with Gasteiger partial charge in [-0.1, -0.05) is 24.4 Å². The van der Waals surface area contributed by atoms with Crippen LogP contribution in [0.3, 0.4) is 0 Å². The van der Waals surface area contributed by atoms with Gasteiger partial charge in [-0.25, -0.2) is 17.6 Å². The Labute approximate surface area is 127 Å². The number of hydrogen-bond acceptors (Lipinski definition) is 3. The Hall–Kier alpha value is -1.18. The van der Waals surface area contributed by atoms with Gasteiger partial charge in [0.15, 0.2) is 0 Å². The molecule has 0 unspecified atom stereocenters. The van der Waals surface area contributed by atoms with Crippen molar-refractivity contribution in [1.82, 2.24) is 4.31 Å². The summed E-state index contributed by atoms with van der Waals surface area (Å²) in [6, 6.07) is 1.84. The molecule has 0 spiro atoms. The Morgan fingerprint density at radius 2 is 1.76 bits per heavy atom. The van der Waals surface area contributed by atoms with Gasteiger partial charge < -0.3 is 5.11 Å². The third-order valence-corrected chi connectivity index (χ3v) is 5.90. The number of sulfonamides is 1. The number of carboxylic acids is 1. The molecule has 0 atom stereocenters. The van der Waals surface area contributed by atoms with Gasteiger partial charge in [0.25, 0.3) is 0 Å². The fraction of sp³-hybridized carbons (Fsp3) is 0.462. The van der Waals surface area contributed by atoms with Gasteiger partial charge in [0, 0.05) is 13.1 Å². The largest absolute Gasteiger partial charge is 0.478 e. The number of carboxylic acid groups (broad SMARTS) is 1. The van der Waals surface area contributed by atoms with Gasteiger partial charge in [0.2, 0.25) is 10.0 Å². The Morgan fingerprint density at radius 3 is 2.29 bits per heavy atom. The highest BCUT2D eigenvalue weighted by atomic mass is 35.5. The summed E-state index contributed by atoms with van der Waals surface area (Å²) in [7, 11) is -3.92. The van der Waals surface area contributed by atoms with E-state index in [9.17, 15) is 17.6 Å². The Kier molecular flexibility index (Phi) is 4.85. The molecule has 0 amide bonds. The molecule has 1 N–H and O–H groups in total. The third-order valence-electron chi connectivity index (χ3n) is 3.45. The fourth-order valence-corrected chi connectivity index (χ4v) is 4.46. The average Bonchev–Trinajstić information content (AvgIpc) is 2.67. The molecule has 1 aromatic carbocycles. The predicted molar refractivity (Wildman–Crippen MR) is 75.6 cm³/mol. The summed E-state index contributed by atoms with van der Waals surface area (Å²) in [6.07, 6.45) is 3.38. The number of benzene rings is 1. The molecule has 8 heteroatoms. The van der Waals surface area contributed by atoms with E-state index in [2.05, 4.69) is 0 Å². The molecule has 116 valence electrons. The first-order valence-electron chi connectivity index (χ1n) is 6.57. The van der Waals surface area contributed by atoms with Crippen molar-refractivity contribution in [2.75, 3.05) is 13.1 Å². The van der Waals surface area contributed by atoms with Crippen LogP contribution in [0.25, 0.3) is 0 Å². The lowest BCUT2D eigenvalue weighted by Gasteiger charge is -2.21. The summed E-state index contributed by atoms with van der Waals surface area (Å²) in [5.74, 6) is -2.65. The van der Waals surface area contributed by atoms with Crippen LogP contribution in [-0.4, -0.2) is 36.9 Å². The van der Waals surface area contributed by atoms with Crippen LogP contribution in [0.1, 0.15) is 36.0 Å². The van der Waals surface area contributed by atoms with E-state index in [-0.39, 0.29) is 4.90 Å². The zero-order chi connectivity index (χ0) is 15.6. The van der Waals surface area contributed by atoms with Gasteiger partial charge in [-0.05, 0) is 25.0 Å². The molecule has 0 aromatic heterocycles. The summed E-state index contributed by atoms with van der Waals surface area (Å²) in [6.45, 7) is 0.719. The van der Waals surface area contributed by atoms with Gasteiger partial charge >= 0.3 is 5.97 Å². The maximum atomic E-state index is 13.5. The summed E-state index contributed by atoms with van der Waals surface area (Å²) in [5.41, 5.74) is -0.812. The second kappa shape index (κ2) is 6.29. The highest BCUT2D eigenvalue weighted by molar-refractivity contribution is 7.89.